The highest BCUT2D eigenvalue weighted by atomic mass is 19.4. The summed E-state index contributed by atoms with van der Waals surface area (Å²) >= 11 is 0. The van der Waals surface area contributed by atoms with Crippen molar-refractivity contribution in [1.82, 2.24) is 14.8 Å². The van der Waals surface area contributed by atoms with E-state index in [0.717, 1.165) is 20.1 Å². The number of alkyl halides is 5. The first-order chi connectivity index (χ1) is 16.4. The highest BCUT2D eigenvalue weighted by molar-refractivity contribution is 5.95. The van der Waals surface area contributed by atoms with Crippen LogP contribution in [0.3, 0.4) is 0 Å². The molecule has 7 nitrogen and oxygen atoms in total. The normalized spacial score (nSPS) is 24.8. The molecule has 35 heavy (non-hydrogen) atoms. The number of ether oxygens (including phenoxy) is 2. The minimum absolute atomic E-state index is 0.183. The maximum absolute atomic E-state index is 14.2. The molecule has 2 aromatic heterocycles. The Hall–Kier alpha value is -3.35. The second kappa shape index (κ2) is 8.70. The van der Waals surface area contributed by atoms with Crippen molar-refractivity contribution >= 4 is 17.1 Å². The average Bonchev–Trinajstić information content (AvgIpc) is 3.35. The number of fused-ring (bicyclic) bond motifs is 1. The first-order valence-corrected chi connectivity index (χ1v) is 10.4. The fourth-order valence-electron chi connectivity index (χ4n) is 4.42. The zero-order valence-corrected chi connectivity index (χ0v) is 18.6. The van der Waals surface area contributed by atoms with Crippen LogP contribution in [0.5, 0.6) is 5.75 Å². The SMILES string of the molecule is COc1c([C@H]2[C@H](C(=O)Nc3ccc4cnnn4c3)O[C@@](C)(C(F)(F)F)[C@H]2C)ccc(F)c1C(F)F. The quantitative estimate of drug-likeness (QED) is 0.503. The maximum atomic E-state index is 14.2. The van der Waals surface area contributed by atoms with Gasteiger partial charge in [-0.3, -0.25) is 4.79 Å². The number of nitrogens with zero attached hydrogens (tertiary/aromatic N) is 3. The molecule has 0 saturated carbocycles. The van der Waals surface area contributed by atoms with Gasteiger partial charge in [-0.25, -0.2) is 17.7 Å². The molecule has 188 valence electrons. The van der Waals surface area contributed by atoms with Crippen molar-refractivity contribution in [3.63, 3.8) is 0 Å². The third kappa shape index (κ3) is 4.07. The van der Waals surface area contributed by atoms with Crippen LogP contribution in [0, 0.1) is 11.7 Å². The van der Waals surface area contributed by atoms with Gasteiger partial charge in [0.05, 0.1) is 36.3 Å². The zero-order chi connectivity index (χ0) is 25.7. The summed E-state index contributed by atoms with van der Waals surface area (Å²) in [6, 6.07) is 4.81. The number of benzene rings is 1. The molecule has 13 heteroatoms. The molecule has 3 aromatic rings. The molecule has 0 radical (unpaired) electrons. The molecule has 4 rings (SSSR count). The second-order valence-electron chi connectivity index (χ2n) is 8.35. The Kier molecular flexibility index (Phi) is 6.16. The van der Waals surface area contributed by atoms with E-state index in [1.165, 1.54) is 29.9 Å². The van der Waals surface area contributed by atoms with Crippen LogP contribution in [0.15, 0.2) is 36.7 Å². The van der Waals surface area contributed by atoms with Gasteiger partial charge in [0.25, 0.3) is 12.3 Å². The third-order valence-corrected chi connectivity index (χ3v) is 6.45. The van der Waals surface area contributed by atoms with Crippen molar-refractivity contribution in [2.45, 2.75) is 44.1 Å². The Morgan fingerprint density at radius 3 is 2.60 bits per heavy atom. The Labute approximate surface area is 195 Å². The van der Waals surface area contributed by atoms with E-state index in [4.69, 9.17) is 9.47 Å². The van der Waals surface area contributed by atoms with Crippen LogP contribution in [0.4, 0.5) is 32.0 Å². The number of amides is 1. The number of halogens is 6. The molecule has 1 aromatic carbocycles. The van der Waals surface area contributed by atoms with Gasteiger partial charge in [0.1, 0.15) is 17.7 Å². The molecule has 0 aliphatic carbocycles. The number of hydrogen-bond acceptors (Lipinski definition) is 5. The summed E-state index contributed by atoms with van der Waals surface area (Å²) in [5.74, 6) is -5.70. The van der Waals surface area contributed by atoms with Gasteiger partial charge in [0.15, 0.2) is 5.60 Å². The van der Waals surface area contributed by atoms with Crippen molar-refractivity contribution in [2.75, 3.05) is 12.4 Å². The number of hydrogen-bond donors (Lipinski definition) is 1. The number of carbonyl (C=O) groups is 1. The van der Waals surface area contributed by atoms with Crippen LogP contribution in [-0.2, 0) is 9.53 Å². The summed E-state index contributed by atoms with van der Waals surface area (Å²) in [6.07, 6.45) is -7.13. The topological polar surface area (TPSA) is 77.8 Å². The molecule has 0 spiro atoms. The minimum atomic E-state index is -4.90. The minimum Gasteiger partial charge on any atom is -0.496 e. The molecule has 1 aliphatic rings. The second-order valence-corrected chi connectivity index (χ2v) is 8.35. The van der Waals surface area contributed by atoms with Gasteiger partial charge >= 0.3 is 6.18 Å². The highest BCUT2D eigenvalue weighted by Gasteiger charge is 2.66. The van der Waals surface area contributed by atoms with Crippen molar-refractivity contribution in [3.05, 3.63) is 53.6 Å². The number of aromatic nitrogens is 3. The maximum Gasteiger partial charge on any atom is 0.417 e. The largest absolute Gasteiger partial charge is 0.496 e. The standard InChI is InChI=1S/C22H20F6N4O3/c1-10-15(13-6-7-14(23)16(19(24)25)17(13)34-3)18(35-21(10,2)22(26,27)28)20(33)30-11-4-5-12-8-29-31-32(12)9-11/h4-10,15,18-19H,1-3H3,(H,30,33)/t10-,15-,18+,21+/m0/s1. The van der Waals surface area contributed by atoms with Crippen LogP contribution in [0.1, 0.15) is 37.3 Å². The van der Waals surface area contributed by atoms with E-state index in [9.17, 15) is 31.1 Å². The van der Waals surface area contributed by atoms with Gasteiger partial charge in [0, 0.05) is 17.4 Å². The molecule has 1 N–H and O–H groups in total. The number of rotatable bonds is 5. The first kappa shape index (κ1) is 24.8. The van der Waals surface area contributed by atoms with Crippen molar-refractivity contribution < 1.29 is 40.6 Å². The highest BCUT2D eigenvalue weighted by Crippen LogP contribution is 2.55. The Bertz CT molecular complexity index is 1260. The lowest BCUT2D eigenvalue weighted by Crippen LogP contribution is -2.47. The van der Waals surface area contributed by atoms with E-state index in [2.05, 4.69) is 15.6 Å². The first-order valence-electron chi connectivity index (χ1n) is 10.4. The predicted molar refractivity (Wildman–Crippen MR) is 111 cm³/mol. The van der Waals surface area contributed by atoms with Crippen molar-refractivity contribution in [1.29, 1.82) is 0 Å². The Morgan fingerprint density at radius 2 is 1.97 bits per heavy atom. The van der Waals surface area contributed by atoms with Crippen LogP contribution >= 0.6 is 0 Å². The summed E-state index contributed by atoms with van der Waals surface area (Å²) in [5, 5.41) is 9.96. The van der Waals surface area contributed by atoms with Crippen LogP contribution in [0.2, 0.25) is 0 Å². The van der Waals surface area contributed by atoms with Gasteiger partial charge in [-0.1, -0.05) is 18.2 Å². The summed E-state index contributed by atoms with van der Waals surface area (Å²) in [4.78, 5) is 13.2. The van der Waals surface area contributed by atoms with Gasteiger partial charge in [0.2, 0.25) is 0 Å². The third-order valence-electron chi connectivity index (χ3n) is 6.45. The molecular formula is C22H20F6N4O3. The van der Waals surface area contributed by atoms with E-state index < -0.39 is 59.2 Å². The molecule has 1 saturated heterocycles. The number of methoxy groups -OCH3 is 1. The smallest absolute Gasteiger partial charge is 0.417 e. The summed E-state index contributed by atoms with van der Waals surface area (Å²) < 4.78 is 95.2. The Morgan fingerprint density at radius 1 is 1.26 bits per heavy atom. The number of pyridine rings is 1. The average molecular weight is 502 g/mol. The molecule has 0 unspecified atom stereocenters. The van der Waals surface area contributed by atoms with Crippen LogP contribution < -0.4 is 10.1 Å². The fourth-order valence-corrected chi connectivity index (χ4v) is 4.42. The predicted octanol–water partition coefficient (Wildman–Crippen LogP) is 4.89. The lowest BCUT2D eigenvalue weighted by atomic mass is 9.76. The van der Waals surface area contributed by atoms with Gasteiger partial charge in [-0.15, -0.1) is 5.10 Å². The molecule has 1 aliphatic heterocycles. The van der Waals surface area contributed by atoms with E-state index in [1.807, 2.05) is 0 Å². The summed E-state index contributed by atoms with van der Waals surface area (Å²) in [6.45, 7) is 1.97. The lowest BCUT2D eigenvalue weighted by molar-refractivity contribution is -0.272. The van der Waals surface area contributed by atoms with E-state index in [0.29, 0.717) is 11.6 Å². The van der Waals surface area contributed by atoms with Crippen molar-refractivity contribution in [3.8, 4) is 5.75 Å². The van der Waals surface area contributed by atoms with Crippen LogP contribution in [-0.4, -0.2) is 45.7 Å². The van der Waals surface area contributed by atoms with E-state index in [-0.39, 0.29) is 11.3 Å². The number of nitrogens with one attached hydrogen (secondary N) is 1. The molecule has 0 bridgehead atoms. The van der Waals surface area contributed by atoms with Gasteiger partial charge in [-0.2, -0.15) is 13.2 Å². The lowest BCUT2D eigenvalue weighted by Gasteiger charge is -2.32. The van der Waals surface area contributed by atoms with E-state index >= 15 is 0 Å². The van der Waals surface area contributed by atoms with E-state index in [1.54, 1.807) is 6.07 Å². The van der Waals surface area contributed by atoms with Gasteiger partial charge in [-0.05, 0) is 25.1 Å². The number of anilines is 1. The summed E-state index contributed by atoms with van der Waals surface area (Å²) in [7, 11) is 0.996. The monoisotopic (exact) mass is 502 g/mol. The van der Waals surface area contributed by atoms with Gasteiger partial charge < -0.3 is 14.8 Å². The molecule has 1 fully saturated rings. The van der Waals surface area contributed by atoms with Crippen LogP contribution in [0.25, 0.3) is 5.52 Å². The molecule has 4 atom stereocenters. The molecule has 3 heterocycles. The number of carbonyl (C=O) groups excluding carboxylic acids is 1. The molecule has 1 amide bonds. The molecular weight excluding hydrogens is 482 g/mol. The Balaban J connectivity index is 1.79. The zero-order valence-electron chi connectivity index (χ0n) is 18.6. The fraction of sp³-hybridized carbons (Fsp3) is 0.409. The summed E-state index contributed by atoms with van der Waals surface area (Å²) in [5.41, 5.74) is -3.32. The van der Waals surface area contributed by atoms with Crippen molar-refractivity contribution in [2.24, 2.45) is 5.92 Å².